The van der Waals surface area contributed by atoms with Gasteiger partial charge in [0.1, 0.15) is 15.7 Å². The molecule has 4 nitrogen and oxygen atoms in total. The van der Waals surface area contributed by atoms with Crippen LogP contribution in [0.3, 0.4) is 0 Å². The number of amides is 1. The third-order valence-corrected chi connectivity index (χ3v) is 4.36. The molecule has 6 heteroatoms. The van der Waals surface area contributed by atoms with Crippen molar-refractivity contribution >= 4 is 17.2 Å². The molecule has 2 unspecified atom stereocenters. The predicted molar refractivity (Wildman–Crippen MR) is 80.7 cm³/mol. The average molecular weight is 308 g/mol. The van der Waals surface area contributed by atoms with E-state index in [0.717, 1.165) is 11.3 Å². The lowest BCUT2D eigenvalue weighted by Gasteiger charge is -2.18. The van der Waals surface area contributed by atoms with Gasteiger partial charge in [0.15, 0.2) is 0 Å². The normalized spacial score (nSPS) is 13.7. The Morgan fingerprint density at radius 3 is 2.81 bits per heavy atom. The minimum absolute atomic E-state index is 0.00458. The maximum absolute atomic E-state index is 13.7. The van der Waals surface area contributed by atoms with E-state index in [1.54, 1.807) is 18.2 Å². The lowest BCUT2D eigenvalue weighted by Crippen LogP contribution is -2.38. The summed E-state index contributed by atoms with van der Waals surface area (Å²) >= 11 is 1.14. The average Bonchev–Trinajstić information content (AvgIpc) is 2.96. The smallest absolute Gasteiger partial charge is 0.263 e. The molecule has 0 bridgehead atoms. The number of nitrogens with one attached hydrogen (secondary N) is 1. The Morgan fingerprint density at radius 1 is 1.43 bits per heavy atom. The van der Waals surface area contributed by atoms with E-state index >= 15 is 0 Å². The minimum atomic E-state index is -0.360. The summed E-state index contributed by atoms with van der Waals surface area (Å²) < 4.78 is 13.7. The highest BCUT2D eigenvalue weighted by molar-refractivity contribution is 7.16. The highest BCUT2D eigenvalue weighted by Gasteiger charge is 2.18. The fourth-order valence-corrected chi connectivity index (χ4v) is 2.56. The lowest BCUT2D eigenvalue weighted by atomic mass is 10.1. The molecule has 112 valence electrons. The molecule has 0 aliphatic carbocycles. The number of thiazole rings is 1. The van der Waals surface area contributed by atoms with E-state index in [2.05, 4.69) is 10.3 Å². The van der Waals surface area contributed by atoms with Crippen molar-refractivity contribution in [2.75, 3.05) is 6.61 Å². The van der Waals surface area contributed by atoms with Crippen LogP contribution in [-0.4, -0.2) is 28.6 Å². The monoisotopic (exact) mass is 308 g/mol. The summed E-state index contributed by atoms with van der Waals surface area (Å²) in [4.78, 5) is 16.6. The summed E-state index contributed by atoms with van der Waals surface area (Å²) in [6.07, 6.45) is 1.44. The van der Waals surface area contributed by atoms with Gasteiger partial charge in [-0.2, -0.15) is 0 Å². The molecule has 2 aromatic rings. The molecule has 0 fully saturated rings. The Bertz CT molecular complexity index is 630. The quantitative estimate of drug-likeness (QED) is 0.892. The van der Waals surface area contributed by atoms with Crippen LogP contribution < -0.4 is 5.32 Å². The van der Waals surface area contributed by atoms with Crippen LogP contribution >= 0.6 is 11.3 Å². The van der Waals surface area contributed by atoms with Gasteiger partial charge in [-0.3, -0.25) is 4.79 Å². The summed E-state index contributed by atoms with van der Waals surface area (Å²) in [5.74, 6) is -0.656. The molecule has 1 aromatic heterocycles. The summed E-state index contributed by atoms with van der Waals surface area (Å²) in [6, 6.07) is 6.18. The number of benzene rings is 1. The van der Waals surface area contributed by atoms with Crippen LogP contribution in [0.4, 0.5) is 4.39 Å². The Morgan fingerprint density at radius 2 is 2.14 bits per heavy atom. The summed E-state index contributed by atoms with van der Waals surface area (Å²) in [5, 5.41) is 12.3. The molecular formula is C15H17FN2O2S. The zero-order valence-electron chi connectivity index (χ0n) is 11.8. The van der Waals surface area contributed by atoms with Gasteiger partial charge in [-0.15, -0.1) is 11.3 Å². The highest BCUT2D eigenvalue weighted by atomic mass is 32.1. The fraction of sp³-hybridized carbons (Fsp3) is 0.333. The van der Waals surface area contributed by atoms with Gasteiger partial charge in [0.05, 0.1) is 6.20 Å². The van der Waals surface area contributed by atoms with Gasteiger partial charge in [-0.25, -0.2) is 9.37 Å². The van der Waals surface area contributed by atoms with E-state index in [9.17, 15) is 9.18 Å². The van der Waals surface area contributed by atoms with E-state index in [1.807, 2.05) is 13.8 Å². The van der Waals surface area contributed by atoms with Gasteiger partial charge in [0.2, 0.25) is 0 Å². The van der Waals surface area contributed by atoms with Crippen molar-refractivity contribution in [3.05, 3.63) is 41.2 Å². The number of halogens is 1. The molecule has 0 radical (unpaired) electrons. The second kappa shape index (κ2) is 6.78. The number of aliphatic hydroxyl groups excluding tert-OH is 1. The Labute approximate surface area is 126 Å². The van der Waals surface area contributed by atoms with Gasteiger partial charge in [0.25, 0.3) is 5.91 Å². The third-order valence-electron chi connectivity index (χ3n) is 3.33. The first kappa shape index (κ1) is 15.6. The van der Waals surface area contributed by atoms with E-state index in [1.165, 1.54) is 12.3 Å². The van der Waals surface area contributed by atoms with Crippen molar-refractivity contribution in [2.45, 2.75) is 19.9 Å². The van der Waals surface area contributed by atoms with Gasteiger partial charge >= 0.3 is 0 Å². The summed E-state index contributed by atoms with van der Waals surface area (Å²) in [7, 11) is 0. The zero-order chi connectivity index (χ0) is 15.4. The highest BCUT2D eigenvalue weighted by Crippen LogP contribution is 2.27. The SMILES string of the molecule is CC(CO)C(C)NC(=O)c1cnc(-c2ccccc2F)s1. The summed E-state index contributed by atoms with van der Waals surface area (Å²) in [6.45, 7) is 3.69. The number of hydrogen-bond donors (Lipinski definition) is 2. The van der Waals surface area contributed by atoms with Crippen molar-refractivity contribution in [3.8, 4) is 10.6 Å². The van der Waals surface area contributed by atoms with Crippen LogP contribution in [0, 0.1) is 11.7 Å². The van der Waals surface area contributed by atoms with Crippen LogP contribution in [0.1, 0.15) is 23.5 Å². The van der Waals surface area contributed by atoms with E-state index < -0.39 is 0 Å². The Hall–Kier alpha value is -1.79. The predicted octanol–water partition coefficient (Wildman–Crippen LogP) is 2.70. The molecule has 21 heavy (non-hydrogen) atoms. The molecule has 0 aliphatic rings. The number of nitrogens with zero attached hydrogens (tertiary/aromatic N) is 1. The molecule has 0 saturated heterocycles. The van der Waals surface area contributed by atoms with Crippen LogP contribution in [0.25, 0.3) is 10.6 Å². The number of carbonyl (C=O) groups excluding carboxylic acids is 1. The molecule has 0 saturated carbocycles. The fourth-order valence-electron chi connectivity index (χ4n) is 1.72. The first-order valence-electron chi connectivity index (χ1n) is 6.65. The van der Waals surface area contributed by atoms with Crippen LogP contribution in [0.5, 0.6) is 0 Å². The van der Waals surface area contributed by atoms with Crippen molar-refractivity contribution in [3.63, 3.8) is 0 Å². The minimum Gasteiger partial charge on any atom is -0.396 e. The number of hydrogen-bond acceptors (Lipinski definition) is 4. The maximum Gasteiger partial charge on any atom is 0.263 e. The molecule has 1 amide bonds. The van der Waals surface area contributed by atoms with Crippen molar-refractivity contribution in [1.82, 2.24) is 10.3 Å². The molecule has 2 N–H and O–H groups in total. The Kier molecular flexibility index (Phi) is 5.03. The molecular weight excluding hydrogens is 291 g/mol. The van der Waals surface area contributed by atoms with Crippen LogP contribution in [0.2, 0.25) is 0 Å². The molecule has 0 spiro atoms. The molecule has 2 atom stereocenters. The zero-order valence-corrected chi connectivity index (χ0v) is 12.7. The maximum atomic E-state index is 13.7. The molecule has 1 aromatic carbocycles. The van der Waals surface area contributed by atoms with Gasteiger partial charge < -0.3 is 10.4 Å². The number of carbonyl (C=O) groups is 1. The van der Waals surface area contributed by atoms with Crippen LogP contribution in [-0.2, 0) is 0 Å². The first-order chi connectivity index (χ1) is 10.0. The third kappa shape index (κ3) is 3.65. The van der Waals surface area contributed by atoms with E-state index in [-0.39, 0.29) is 30.3 Å². The van der Waals surface area contributed by atoms with Gasteiger partial charge in [0, 0.05) is 18.2 Å². The number of aromatic nitrogens is 1. The van der Waals surface area contributed by atoms with Crippen LogP contribution in [0.15, 0.2) is 30.5 Å². The topological polar surface area (TPSA) is 62.2 Å². The standard InChI is InChI=1S/C15H17FN2O2S/c1-9(8-19)10(2)18-14(20)13-7-17-15(21-13)11-5-3-4-6-12(11)16/h3-7,9-10,19H,8H2,1-2H3,(H,18,20). The molecule has 2 rings (SSSR count). The second-order valence-electron chi connectivity index (χ2n) is 4.93. The lowest BCUT2D eigenvalue weighted by molar-refractivity contribution is 0.0920. The van der Waals surface area contributed by atoms with Crippen molar-refractivity contribution < 1.29 is 14.3 Å². The van der Waals surface area contributed by atoms with Crippen molar-refractivity contribution in [2.24, 2.45) is 5.92 Å². The van der Waals surface area contributed by atoms with E-state index in [4.69, 9.17) is 5.11 Å². The Balaban J connectivity index is 2.13. The molecule has 1 heterocycles. The van der Waals surface area contributed by atoms with Crippen molar-refractivity contribution in [1.29, 1.82) is 0 Å². The summed E-state index contributed by atoms with van der Waals surface area (Å²) in [5.41, 5.74) is 0.387. The largest absolute Gasteiger partial charge is 0.396 e. The second-order valence-corrected chi connectivity index (χ2v) is 5.96. The van der Waals surface area contributed by atoms with E-state index in [0.29, 0.717) is 15.4 Å². The van der Waals surface area contributed by atoms with Gasteiger partial charge in [-0.05, 0) is 25.0 Å². The number of rotatable bonds is 5. The number of aliphatic hydroxyl groups is 1. The first-order valence-corrected chi connectivity index (χ1v) is 7.47. The van der Waals surface area contributed by atoms with Gasteiger partial charge in [-0.1, -0.05) is 19.1 Å². The molecule has 0 aliphatic heterocycles.